The van der Waals surface area contributed by atoms with E-state index in [9.17, 15) is 13.2 Å². The molecular formula is C19H20N4O3S2. The van der Waals surface area contributed by atoms with Crippen LogP contribution in [-0.2, 0) is 22.7 Å². The standard InChI is InChI=1S/C19H20N4O3S2/c24-18(21-19-20-14-6-2-4-8-16(14)27-19)17-13-5-1-3-7-15(13)23(22-17)12-9-10-28(25,26)11-12/h2,4,6,8,12H,1,3,5,7,9-11H2,(H,20,21,24). The molecular weight excluding hydrogens is 396 g/mol. The van der Waals surface area contributed by atoms with Crippen molar-refractivity contribution < 1.29 is 13.2 Å². The Morgan fingerprint density at radius 3 is 2.82 bits per heavy atom. The van der Waals surface area contributed by atoms with Gasteiger partial charge in [-0.15, -0.1) is 0 Å². The molecule has 1 N–H and O–H groups in total. The zero-order valence-electron chi connectivity index (χ0n) is 15.2. The highest BCUT2D eigenvalue weighted by molar-refractivity contribution is 7.91. The Hall–Kier alpha value is -2.26. The molecule has 1 unspecified atom stereocenters. The van der Waals surface area contributed by atoms with E-state index >= 15 is 0 Å². The third-order valence-corrected chi connectivity index (χ3v) is 8.19. The number of amides is 1. The highest BCUT2D eigenvalue weighted by Gasteiger charge is 2.34. The van der Waals surface area contributed by atoms with Crippen LogP contribution in [0.15, 0.2) is 24.3 Å². The van der Waals surface area contributed by atoms with Gasteiger partial charge in [0.1, 0.15) is 0 Å². The van der Waals surface area contributed by atoms with Crippen LogP contribution in [0.2, 0.25) is 0 Å². The first-order chi connectivity index (χ1) is 13.5. The Balaban J connectivity index is 1.48. The number of aromatic nitrogens is 3. The second-order valence-electron chi connectivity index (χ2n) is 7.42. The number of anilines is 1. The van der Waals surface area contributed by atoms with Crippen LogP contribution >= 0.6 is 11.3 Å². The lowest BCUT2D eigenvalue weighted by Crippen LogP contribution is -2.17. The minimum atomic E-state index is -3.01. The van der Waals surface area contributed by atoms with Crippen molar-refractivity contribution >= 4 is 42.4 Å². The minimum Gasteiger partial charge on any atom is -0.296 e. The van der Waals surface area contributed by atoms with Gasteiger partial charge in [-0.05, 0) is 44.2 Å². The van der Waals surface area contributed by atoms with Gasteiger partial charge in [-0.2, -0.15) is 5.10 Å². The van der Waals surface area contributed by atoms with Crippen LogP contribution in [0.3, 0.4) is 0 Å². The molecule has 1 amide bonds. The summed E-state index contributed by atoms with van der Waals surface area (Å²) in [5, 5.41) is 8.05. The van der Waals surface area contributed by atoms with E-state index in [1.54, 1.807) is 0 Å². The summed E-state index contributed by atoms with van der Waals surface area (Å²) in [6.07, 6.45) is 4.26. The van der Waals surface area contributed by atoms with Gasteiger partial charge >= 0.3 is 0 Å². The van der Waals surface area contributed by atoms with Crippen LogP contribution in [0.5, 0.6) is 0 Å². The van der Waals surface area contributed by atoms with Gasteiger partial charge in [-0.25, -0.2) is 13.4 Å². The van der Waals surface area contributed by atoms with Crippen molar-refractivity contribution in [3.63, 3.8) is 0 Å². The van der Waals surface area contributed by atoms with Crippen LogP contribution in [0.25, 0.3) is 10.2 Å². The predicted molar refractivity (Wildman–Crippen MR) is 109 cm³/mol. The van der Waals surface area contributed by atoms with Gasteiger partial charge in [0, 0.05) is 11.3 Å². The number of sulfone groups is 1. The van der Waals surface area contributed by atoms with E-state index in [0.717, 1.165) is 47.2 Å². The molecule has 0 bridgehead atoms. The fourth-order valence-corrected chi connectivity index (χ4v) is 6.71. The Morgan fingerprint density at radius 1 is 1.21 bits per heavy atom. The number of hydrogen-bond donors (Lipinski definition) is 1. The van der Waals surface area contributed by atoms with Crippen molar-refractivity contribution in [3.8, 4) is 0 Å². The van der Waals surface area contributed by atoms with Gasteiger partial charge in [0.15, 0.2) is 20.7 Å². The molecule has 28 heavy (non-hydrogen) atoms. The summed E-state index contributed by atoms with van der Waals surface area (Å²) in [6.45, 7) is 0. The first kappa shape index (κ1) is 17.8. The topological polar surface area (TPSA) is 93.9 Å². The minimum absolute atomic E-state index is 0.111. The third kappa shape index (κ3) is 3.12. The number of carbonyl (C=O) groups is 1. The number of fused-ring (bicyclic) bond motifs is 2. The fraction of sp³-hybridized carbons (Fsp3) is 0.421. The largest absolute Gasteiger partial charge is 0.296 e. The normalized spacial score (nSPS) is 20.9. The van der Waals surface area contributed by atoms with Crippen molar-refractivity contribution in [1.82, 2.24) is 14.8 Å². The third-order valence-electron chi connectivity index (χ3n) is 5.49. The highest BCUT2D eigenvalue weighted by Crippen LogP contribution is 2.32. The Bertz CT molecular complexity index is 1150. The summed E-state index contributed by atoms with van der Waals surface area (Å²) in [4.78, 5) is 17.4. The first-order valence-electron chi connectivity index (χ1n) is 9.48. The molecule has 2 aromatic heterocycles. The van der Waals surface area contributed by atoms with E-state index in [2.05, 4.69) is 15.4 Å². The van der Waals surface area contributed by atoms with Crippen LogP contribution in [0, 0.1) is 0 Å². The summed E-state index contributed by atoms with van der Waals surface area (Å²) in [5.74, 6) is 0.0383. The van der Waals surface area contributed by atoms with Gasteiger partial charge in [0.25, 0.3) is 5.91 Å². The lowest BCUT2D eigenvalue weighted by Gasteiger charge is -2.17. The zero-order valence-corrected chi connectivity index (χ0v) is 16.9. The molecule has 1 aliphatic carbocycles. The molecule has 1 fully saturated rings. The average molecular weight is 417 g/mol. The molecule has 146 valence electrons. The van der Waals surface area contributed by atoms with E-state index in [4.69, 9.17) is 0 Å². The molecule has 0 radical (unpaired) electrons. The van der Waals surface area contributed by atoms with Gasteiger partial charge in [-0.3, -0.25) is 14.8 Å². The van der Waals surface area contributed by atoms with Crippen LogP contribution in [0.1, 0.15) is 47.1 Å². The SMILES string of the molecule is O=C(Nc1nc2ccccc2s1)c1nn(C2CCS(=O)(=O)C2)c2c1CCCC2. The van der Waals surface area contributed by atoms with Gasteiger partial charge in [-0.1, -0.05) is 23.5 Å². The molecule has 2 aliphatic rings. The summed E-state index contributed by atoms with van der Waals surface area (Å²) < 4.78 is 26.7. The maximum Gasteiger partial charge on any atom is 0.278 e. The molecule has 7 nitrogen and oxygen atoms in total. The summed E-state index contributed by atoms with van der Waals surface area (Å²) in [6, 6.07) is 7.58. The molecule has 3 aromatic rings. The summed E-state index contributed by atoms with van der Waals surface area (Å²) in [7, 11) is -3.01. The second-order valence-corrected chi connectivity index (χ2v) is 10.7. The molecule has 9 heteroatoms. The van der Waals surface area contributed by atoms with Crippen LogP contribution < -0.4 is 5.32 Å². The molecule has 0 spiro atoms. The molecule has 3 heterocycles. The molecule has 5 rings (SSSR count). The summed E-state index contributed by atoms with van der Waals surface area (Å²) in [5.41, 5.74) is 3.27. The average Bonchev–Trinajstić information content (AvgIpc) is 3.35. The molecule has 1 saturated heterocycles. The Labute approximate surface area is 166 Å². The fourth-order valence-electron chi connectivity index (χ4n) is 4.16. The molecule has 1 aromatic carbocycles. The lowest BCUT2D eigenvalue weighted by atomic mass is 9.95. The van der Waals surface area contributed by atoms with E-state index in [0.29, 0.717) is 17.2 Å². The number of carbonyl (C=O) groups excluding carboxylic acids is 1. The Kier molecular flexibility index (Phi) is 4.24. The number of rotatable bonds is 3. The van der Waals surface area contributed by atoms with Gasteiger partial charge in [0.05, 0.1) is 27.8 Å². The number of hydrogen-bond acceptors (Lipinski definition) is 6. The zero-order chi connectivity index (χ0) is 19.3. The Morgan fingerprint density at radius 2 is 2.04 bits per heavy atom. The van der Waals surface area contributed by atoms with E-state index in [-0.39, 0.29) is 23.5 Å². The van der Waals surface area contributed by atoms with Crippen LogP contribution in [0.4, 0.5) is 5.13 Å². The van der Waals surface area contributed by atoms with Crippen molar-refractivity contribution in [2.24, 2.45) is 0 Å². The monoisotopic (exact) mass is 416 g/mol. The summed E-state index contributed by atoms with van der Waals surface area (Å²) >= 11 is 1.43. The van der Waals surface area contributed by atoms with Crippen molar-refractivity contribution in [2.45, 2.75) is 38.1 Å². The van der Waals surface area contributed by atoms with E-state index in [1.165, 1.54) is 11.3 Å². The van der Waals surface area contributed by atoms with Crippen LogP contribution in [-0.4, -0.2) is 40.6 Å². The molecule has 1 atom stereocenters. The number of nitrogens with one attached hydrogen (secondary N) is 1. The smallest absolute Gasteiger partial charge is 0.278 e. The predicted octanol–water partition coefficient (Wildman–Crippen LogP) is 2.98. The number of benzene rings is 1. The van der Waals surface area contributed by atoms with E-state index < -0.39 is 9.84 Å². The van der Waals surface area contributed by atoms with Crippen molar-refractivity contribution in [2.75, 3.05) is 16.8 Å². The van der Waals surface area contributed by atoms with Crippen molar-refractivity contribution in [3.05, 3.63) is 41.2 Å². The van der Waals surface area contributed by atoms with Crippen molar-refractivity contribution in [1.29, 1.82) is 0 Å². The second kappa shape index (κ2) is 6.66. The quantitative estimate of drug-likeness (QED) is 0.708. The van der Waals surface area contributed by atoms with Gasteiger partial charge < -0.3 is 0 Å². The molecule has 1 aliphatic heterocycles. The van der Waals surface area contributed by atoms with E-state index in [1.807, 2.05) is 28.9 Å². The maximum atomic E-state index is 13.0. The first-order valence-corrected chi connectivity index (χ1v) is 12.1. The molecule has 0 saturated carbocycles. The lowest BCUT2D eigenvalue weighted by molar-refractivity contribution is 0.102. The number of para-hydroxylation sites is 1. The number of thiazole rings is 1. The number of nitrogens with zero attached hydrogens (tertiary/aromatic N) is 3. The highest BCUT2D eigenvalue weighted by atomic mass is 32.2. The maximum absolute atomic E-state index is 13.0. The van der Waals surface area contributed by atoms with Gasteiger partial charge in [0.2, 0.25) is 0 Å².